The van der Waals surface area contributed by atoms with Crippen molar-refractivity contribution >= 4 is 5.97 Å². The maximum atomic E-state index is 12.3. The number of fused-ring (bicyclic) bond motifs is 1. The van der Waals surface area contributed by atoms with Gasteiger partial charge in [0.05, 0.1) is 12.0 Å². The molecule has 0 bridgehead atoms. The summed E-state index contributed by atoms with van der Waals surface area (Å²) in [4.78, 5) is 12.3. The predicted molar refractivity (Wildman–Crippen MR) is 64.0 cm³/mol. The molecule has 2 aliphatic carbocycles. The predicted octanol–water partition coefficient (Wildman–Crippen LogP) is 3.40. The molecule has 0 saturated heterocycles. The molecule has 0 amide bonds. The molecule has 2 heteroatoms. The lowest BCUT2D eigenvalue weighted by Gasteiger charge is -2.45. The Morgan fingerprint density at radius 1 is 1.31 bits per heavy atom. The van der Waals surface area contributed by atoms with Crippen LogP contribution in [0.1, 0.15) is 52.9 Å². The lowest BCUT2D eigenvalue weighted by molar-refractivity contribution is -0.166. The van der Waals surface area contributed by atoms with E-state index in [-0.39, 0.29) is 11.4 Å². The highest BCUT2D eigenvalue weighted by atomic mass is 16.5. The molecular weight excluding hydrogens is 200 g/mol. The largest absolute Gasteiger partial charge is 0.466 e. The van der Waals surface area contributed by atoms with E-state index >= 15 is 0 Å². The summed E-state index contributed by atoms with van der Waals surface area (Å²) in [6.45, 7) is 7.00. The molecule has 0 aromatic heterocycles. The summed E-state index contributed by atoms with van der Waals surface area (Å²) in [6.07, 6.45) is 5.97. The zero-order chi connectivity index (χ0) is 11.8. The van der Waals surface area contributed by atoms with Gasteiger partial charge in [0.1, 0.15) is 0 Å². The second kappa shape index (κ2) is 4.38. The van der Waals surface area contributed by atoms with Gasteiger partial charge in [-0.15, -0.1) is 0 Å². The fourth-order valence-corrected chi connectivity index (χ4v) is 4.15. The molecule has 0 unspecified atom stereocenters. The standard InChI is InChI=1S/C14H24O2/c1-4-16-13(15)14-9-5-6-12(14)10(2)7-8-11(14)3/h10-12H,4-9H2,1-3H3/t10-,11+,12+,14+/m1/s1. The Morgan fingerprint density at radius 3 is 2.75 bits per heavy atom. The second-order valence-electron chi connectivity index (χ2n) is 5.72. The smallest absolute Gasteiger partial charge is 0.312 e. The van der Waals surface area contributed by atoms with Gasteiger partial charge in [-0.1, -0.05) is 26.7 Å². The van der Waals surface area contributed by atoms with Crippen molar-refractivity contribution in [2.45, 2.75) is 52.9 Å². The highest BCUT2D eigenvalue weighted by Crippen LogP contribution is 2.57. The Kier molecular flexibility index (Phi) is 3.27. The van der Waals surface area contributed by atoms with Crippen molar-refractivity contribution in [3.63, 3.8) is 0 Å². The minimum atomic E-state index is -0.131. The van der Waals surface area contributed by atoms with Gasteiger partial charge in [0, 0.05) is 0 Å². The molecule has 0 aliphatic heterocycles. The van der Waals surface area contributed by atoms with Crippen molar-refractivity contribution in [3.05, 3.63) is 0 Å². The summed E-state index contributed by atoms with van der Waals surface area (Å²) in [7, 11) is 0. The third-order valence-electron chi connectivity index (χ3n) is 5.04. The van der Waals surface area contributed by atoms with Crippen molar-refractivity contribution < 1.29 is 9.53 Å². The fraction of sp³-hybridized carbons (Fsp3) is 0.929. The summed E-state index contributed by atoms with van der Waals surface area (Å²) in [6, 6.07) is 0. The average Bonchev–Trinajstić information content (AvgIpc) is 2.71. The van der Waals surface area contributed by atoms with Crippen molar-refractivity contribution in [3.8, 4) is 0 Å². The first-order valence-electron chi connectivity index (χ1n) is 6.80. The van der Waals surface area contributed by atoms with Crippen LogP contribution < -0.4 is 0 Å². The van der Waals surface area contributed by atoms with Crippen molar-refractivity contribution in [2.75, 3.05) is 6.61 Å². The summed E-state index contributed by atoms with van der Waals surface area (Å²) in [5.41, 5.74) is -0.131. The zero-order valence-corrected chi connectivity index (χ0v) is 10.8. The van der Waals surface area contributed by atoms with Crippen LogP contribution in [0.3, 0.4) is 0 Å². The van der Waals surface area contributed by atoms with Crippen LogP contribution in [0.25, 0.3) is 0 Å². The minimum absolute atomic E-state index is 0.0940. The first-order chi connectivity index (χ1) is 7.63. The van der Waals surface area contributed by atoms with Gasteiger partial charge < -0.3 is 4.74 Å². The Hall–Kier alpha value is -0.530. The Bertz CT molecular complexity index is 274. The van der Waals surface area contributed by atoms with E-state index in [4.69, 9.17) is 4.74 Å². The Labute approximate surface area is 98.7 Å². The van der Waals surface area contributed by atoms with Crippen LogP contribution in [0.15, 0.2) is 0 Å². The SMILES string of the molecule is CCOC(=O)[C@]12CCC[C@H]1[C@H](C)CC[C@@H]2C. The molecule has 0 heterocycles. The third kappa shape index (κ3) is 1.57. The summed E-state index contributed by atoms with van der Waals surface area (Å²) in [5, 5.41) is 0. The van der Waals surface area contributed by atoms with Crippen LogP contribution in [0.5, 0.6) is 0 Å². The maximum absolute atomic E-state index is 12.3. The molecule has 0 spiro atoms. The normalized spacial score (nSPS) is 42.8. The van der Waals surface area contributed by atoms with Gasteiger partial charge in [-0.25, -0.2) is 0 Å². The molecule has 2 saturated carbocycles. The van der Waals surface area contributed by atoms with Gasteiger partial charge >= 0.3 is 5.97 Å². The van der Waals surface area contributed by atoms with Crippen LogP contribution in [0, 0.1) is 23.2 Å². The molecule has 0 aromatic carbocycles. The second-order valence-corrected chi connectivity index (χ2v) is 5.72. The van der Waals surface area contributed by atoms with E-state index in [0.29, 0.717) is 24.4 Å². The van der Waals surface area contributed by atoms with E-state index in [9.17, 15) is 4.79 Å². The van der Waals surface area contributed by atoms with Gasteiger partial charge in [0.15, 0.2) is 0 Å². The third-order valence-corrected chi connectivity index (χ3v) is 5.04. The number of carbonyl (C=O) groups is 1. The molecule has 2 nitrogen and oxygen atoms in total. The average molecular weight is 224 g/mol. The lowest BCUT2D eigenvalue weighted by atomic mass is 9.58. The lowest BCUT2D eigenvalue weighted by Crippen LogP contribution is -2.47. The van der Waals surface area contributed by atoms with E-state index < -0.39 is 0 Å². The fourth-order valence-electron chi connectivity index (χ4n) is 4.15. The van der Waals surface area contributed by atoms with E-state index in [2.05, 4.69) is 13.8 Å². The topological polar surface area (TPSA) is 26.3 Å². The van der Waals surface area contributed by atoms with Crippen LogP contribution in [-0.4, -0.2) is 12.6 Å². The highest BCUT2D eigenvalue weighted by molar-refractivity contribution is 5.78. The van der Waals surface area contributed by atoms with Crippen LogP contribution in [0.2, 0.25) is 0 Å². The van der Waals surface area contributed by atoms with Gasteiger partial charge in [0.25, 0.3) is 0 Å². The van der Waals surface area contributed by atoms with E-state index in [1.165, 1.54) is 25.7 Å². The molecule has 2 fully saturated rings. The van der Waals surface area contributed by atoms with Crippen molar-refractivity contribution in [1.82, 2.24) is 0 Å². The van der Waals surface area contributed by atoms with Crippen molar-refractivity contribution in [2.24, 2.45) is 23.2 Å². The highest BCUT2D eigenvalue weighted by Gasteiger charge is 2.56. The minimum Gasteiger partial charge on any atom is -0.466 e. The number of ether oxygens (including phenoxy) is 1. The number of esters is 1. The summed E-state index contributed by atoms with van der Waals surface area (Å²) in [5.74, 6) is 1.88. The summed E-state index contributed by atoms with van der Waals surface area (Å²) < 4.78 is 5.37. The molecule has 2 aliphatic rings. The number of rotatable bonds is 2. The first-order valence-corrected chi connectivity index (χ1v) is 6.80. The van der Waals surface area contributed by atoms with Gasteiger partial charge in [-0.05, 0) is 43.9 Å². The van der Waals surface area contributed by atoms with Gasteiger partial charge in [-0.3, -0.25) is 4.79 Å². The molecule has 2 rings (SSSR count). The zero-order valence-electron chi connectivity index (χ0n) is 10.8. The number of hydrogen-bond acceptors (Lipinski definition) is 2. The summed E-state index contributed by atoms with van der Waals surface area (Å²) >= 11 is 0. The number of carbonyl (C=O) groups excluding carboxylic acids is 1. The quantitative estimate of drug-likeness (QED) is 0.672. The molecular formula is C14H24O2. The molecule has 0 radical (unpaired) electrons. The molecule has 4 atom stereocenters. The molecule has 16 heavy (non-hydrogen) atoms. The van der Waals surface area contributed by atoms with Crippen LogP contribution in [-0.2, 0) is 9.53 Å². The van der Waals surface area contributed by atoms with Crippen LogP contribution >= 0.6 is 0 Å². The van der Waals surface area contributed by atoms with Gasteiger partial charge in [0.2, 0.25) is 0 Å². The number of hydrogen-bond donors (Lipinski definition) is 0. The molecule has 0 N–H and O–H groups in total. The molecule has 0 aromatic rings. The monoisotopic (exact) mass is 224 g/mol. The first kappa shape index (κ1) is 11.9. The van der Waals surface area contributed by atoms with E-state index in [0.717, 1.165) is 6.42 Å². The van der Waals surface area contributed by atoms with Crippen LogP contribution in [0.4, 0.5) is 0 Å². The Morgan fingerprint density at radius 2 is 2.06 bits per heavy atom. The van der Waals surface area contributed by atoms with E-state index in [1.807, 2.05) is 6.92 Å². The Balaban J connectivity index is 2.28. The molecule has 92 valence electrons. The van der Waals surface area contributed by atoms with Crippen molar-refractivity contribution in [1.29, 1.82) is 0 Å². The maximum Gasteiger partial charge on any atom is 0.312 e. The van der Waals surface area contributed by atoms with E-state index in [1.54, 1.807) is 0 Å². The van der Waals surface area contributed by atoms with Gasteiger partial charge in [-0.2, -0.15) is 0 Å².